The zero-order chi connectivity index (χ0) is 21.3. The Morgan fingerprint density at radius 2 is 1.97 bits per heavy atom. The van der Waals surface area contributed by atoms with Crippen LogP contribution in [-0.2, 0) is 16.1 Å². The fourth-order valence-corrected chi connectivity index (χ4v) is 4.79. The number of rotatable bonds is 7. The predicted molar refractivity (Wildman–Crippen MR) is 116 cm³/mol. The molecule has 0 spiro atoms. The molecule has 30 heavy (non-hydrogen) atoms. The molecule has 0 atom stereocenters. The van der Waals surface area contributed by atoms with Gasteiger partial charge in [0.05, 0.1) is 17.1 Å². The van der Waals surface area contributed by atoms with Crippen molar-refractivity contribution in [2.24, 2.45) is 0 Å². The number of imide groups is 1. The maximum atomic E-state index is 12.6. The van der Waals surface area contributed by atoms with E-state index < -0.39 is 0 Å². The summed E-state index contributed by atoms with van der Waals surface area (Å²) in [5.74, 6) is -0.428. The number of carbonyl (C=O) groups is 3. The maximum Gasteiger partial charge on any atom is 0.261 e. The highest BCUT2D eigenvalue weighted by Gasteiger charge is 2.28. The zero-order valence-corrected chi connectivity index (χ0v) is 18.1. The van der Waals surface area contributed by atoms with E-state index in [9.17, 15) is 14.4 Å². The van der Waals surface area contributed by atoms with Gasteiger partial charge in [-0.2, -0.15) is 5.10 Å². The molecular weight excluding hydrogens is 424 g/mol. The molecule has 0 aliphatic carbocycles. The summed E-state index contributed by atoms with van der Waals surface area (Å²) in [5.41, 5.74) is 1.83. The lowest BCUT2D eigenvalue weighted by atomic mass is 10.2. The number of fused-ring (bicyclic) bond motifs is 1. The lowest BCUT2D eigenvalue weighted by molar-refractivity contribution is -0.138. The number of hydrogen-bond donors (Lipinski definition) is 1. The number of aromatic nitrogens is 2. The number of carbonyl (C=O) groups excluding carboxylic acids is 3. The monoisotopic (exact) mass is 444 g/mol. The summed E-state index contributed by atoms with van der Waals surface area (Å²) >= 11 is 7.67. The topological polar surface area (TPSA) is 84.3 Å². The molecule has 7 nitrogen and oxygen atoms in total. The molecule has 3 aromatic rings. The van der Waals surface area contributed by atoms with Gasteiger partial charge in [-0.05, 0) is 31.0 Å². The van der Waals surface area contributed by atoms with Gasteiger partial charge in [-0.3, -0.25) is 24.0 Å². The summed E-state index contributed by atoms with van der Waals surface area (Å²) < 4.78 is 1.87. The van der Waals surface area contributed by atoms with Crippen LogP contribution in [-0.4, -0.2) is 45.5 Å². The highest BCUT2D eigenvalue weighted by Crippen LogP contribution is 2.29. The molecule has 156 valence electrons. The van der Waals surface area contributed by atoms with Gasteiger partial charge >= 0.3 is 0 Å². The molecular formula is C21H21ClN4O3S. The predicted octanol–water partition coefficient (Wildman–Crippen LogP) is 3.38. The first-order valence-electron chi connectivity index (χ1n) is 9.76. The quantitative estimate of drug-likeness (QED) is 0.447. The molecule has 0 unspecified atom stereocenters. The van der Waals surface area contributed by atoms with E-state index in [2.05, 4.69) is 10.4 Å². The van der Waals surface area contributed by atoms with Crippen molar-refractivity contribution in [2.75, 3.05) is 13.1 Å². The Morgan fingerprint density at radius 1 is 1.23 bits per heavy atom. The number of likely N-dealkylation sites (tertiary alicyclic amines) is 1. The zero-order valence-electron chi connectivity index (χ0n) is 16.5. The van der Waals surface area contributed by atoms with Crippen LogP contribution in [0.4, 0.5) is 0 Å². The molecule has 4 rings (SSSR count). The minimum Gasteiger partial charge on any atom is -0.351 e. The molecule has 0 bridgehead atoms. The van der Waals surface area contributed by atoms with Gasteiger partial charge in [-0.25, -0.2) is 0 Å². The van der Waals surface area contributed by atoms with Crippen LogP contribution in [0, 0.1) is 6.92 Å². The highest BCUT2D eigenvalue weighted by molar-refractivity contribution is 7.20. The Hall–Kier alpha value is -2.71. The molecule has 1 aliphatic rings. The third kappa shape index (κ3) is 4.11. The second-order valence-corrected chi connectivity index (χ2v) is 8.65. The average molecular weight is 445 g/mol. The van der Waals surface area contributed by atoms with Crippen molar-refractivity contribution in [3.05, 3.63) is 51.5 Å². The van der Waals surface area contributed by atoms with Crippen molar-refractivity contribution in [3.63, 3.8) is 0 Å². The number of nitrogens with one attached hydrogen (secondary N) is 1. The number of nitrogens with zero attached hydrogens (tertiary/aromatic N) is 3. The van der Waals surface area contributed by atoms with E-state index in [-0.39, 0.29) is 30.6 Å². The van der Waals surface area contributed by atoms with E-state index in [1.165, 1.54) is 16.2 Å². The maximum absolute atomic E-state index is 12.6. The molecule has 3 heterocycles. The van der Waals surface area contributed by atoms with Crippen molar-refractivity contribution in [1.82, 2.24) is 20.0 Å². The first-order valence-corrected chi connectivity index (χ1v) is 10.9. The summed E-state index contributed by atoms with van der Waals surface area (Å²) in [6, 6.07) is 9.49. The average Bonchev–Trinajstić information content (AvgIpc) is 3.38. The Bertz CT molecular complexity index is 1120. The van der Waals surface area contributed by atoms with E-state index in [0.717, 1.165) is 21.5 Å². The van der Waals surface area contributed by atoms with Crippen molar-refractivity contribution >= 4 is 50.9 Å². The second-order valence-electron chi connectivity index (χ2n) is 7.21. The van der Waals surface area contributed by atoms with E-state index in [0.29, 0.717) is 36.0 Å². The number of aryl methyl sites for hydroxylation is 1. The Kier molecular flexibility index (Phi) is 5.87. The van der Waals surface area contributed by atoms with Gasteiger partial charge in [0.1, 0.15) is 4.83 Å². The first-order chi connectivity index (χ1) is 14.4. The number of hydrogen-bond acceptors (Lipinski definition) is 5. The lowest BCUT2D eigenvalue weighted by Crippen LogP contribution is -2.33. The molecule has 3 amide bonds. The minimum absolute atomic E-state index is 0.130. The van der Waals surface area contributed by atoms with E-state index >= 15 is 0 Å². The summed E-state index contributed by atoms with van der Waals surface area (Å²) in [7, 11) is 0. The molecule has 1 saturated heterocycles. The standard InChI is InChI=1S/C21H21ClN4O3S/c1-13-15-11-17(20(29)23-9-4-10-25-18(27)7-8-19(25)28)30-21(15)26(24-13)12-14-5-2-3-6-16(14)22/h2-3,5-6,11H,4,7-10,12H2,1H3,(H,23,29). The molecule has 1 aliphatic heterocycles. The number of benzene rings is 1. The van der Waals surface area contributed by atoms with Gasteiger partial charge < -0.3 is 5.32 Å². The smallest absolute Gasteiger partial charge is 0.261 e. The number of thiophene rings is 1. The Morgan fingerprint density at radius 3 is 2.70 bits per heavy atom. The van der Waals surface area contributed by atoms with E-state index in [1.807, 2.05) is 41.9 Å². The van der Waals surface area contributed by atoms with Gasteiger partial charge in [0.2, 0.25) is 11.8 Å². The summed E-state index contributed by atoms with van der Waals surface area (Å²) in [4.78, 5) is 38.6. The van der Waals surface area contributed by atoms with Gasteiger partial charge in [-0.15, -0.1) is 11.3 Å². The largest absolute Gasteiger partial charge is 0.351 e. The van der Waals surface area contributed by atoms with Crippen LogP contribution >= 0.6 is 22.9 Å². The van der Waals surface area contributed by atoms with Crippen LogP contribution in [0.25, 0.3) is 10.2 Å². The lowest BCUT2D eigenvalue weighted by Gasteiger charge is -2.13. The third-order valence-electron chi connectivity index (χ3n) is 5.11. The molecule has 0 radical (unpaired) electrons. The van der Waals surface area contributed by atoms with Gasteiger partial charge in [0.25, 0.3) is 5.91 Å². The van der Waals surface area contributed by atoms with E-state index in [4.69, 9.17) is 11.6 Å². The van der Waals surface area contributed by atoms with Crippen molar-refractivity contribution in [2.45, 2.75) is 32.7 Å². The molecule has 1 aromatic carbocycles. The summed E-state index contributed by atoms with van der Waals surface area (Å²) in [5, 5.41) is 9.09. The van der Waals surface area contributed by atoms with Crippen LogP contribution in [0.2, 0.25) is 5.02 Å². The number of halogens is 1. The van der Waals surface area contributed by atoms with Crippen molar-refractivity contribution in [1.29, 1.82) is 0 Å². The SMILES string of the molecule is Cc1nn(Cc2ccccc2Cl)c2sc(C(=O)NCCCN3C(=O)CCC3=O)cc12. The summed E-state index contributed by atoms with van der Waals surface area (Å²) in [6.07, 6.45) is 1.11. The van der Waals surface area contributed by atoms with Gasteiger partial charge in [0, 0.05) is 36.3 Å². The van der Waals surface area contributed by atoms with Crippen molar-refractivity contribution < 1.29 is 14.4 Å². The highest BCUT2D eigenvalue weighted by atomic mass is 35.5. The first kappa shape index (κ1) is 20.6. The Balaban J connectivity index is 1.40. The summed E-state index contributed by atoms with van der Waals surface area (Å²) in [6.45, 7) is 3.19. The minimum atomic E-state index is -0.168. The van der Waals surface area contributed by atoms with Crippen LogP contribution < -0.4 is 5.32 Å². The van der Waals surface area contributed by atoms with Gasteiger partial charge in [-0.1, -0.05) is 29.8 Å². The van der Waals surface area contributed by atoms with Crippen LogP contribution in [0.3, 0.4) is 0 Å². The molecule has 2 aromatic heterocycles. The molecule has 1 fully saturated rings. The normalized spacial score (nSPS) is 14.1. The third-order valence-corrected chi connectivity index (χ3v) is 6.62. The molecule has 9 heteroatoms. The van der Waals surface area contributed by atoms with Gasteiger partial charge in [0.15, 0.2) is 0 Å². The van der Waals surface area contributed by atoms with Crippen LogP contribution in [0.1, 0.15) is 40.2 Å². The van der Waals surface area contributed by atoms with E-state index in [1.54, 1.807) is 0 Å². The van der Waals surface area contributed by atoms with Crippen LogP contribution in [0.5, 0.6) is 0 Å². The fraction of sp³-hybridized carbons (Fsp3) is 0.333. The molecule has 0 saturated carbocycles. The molecule has 1 N–H and O–H groups in total. The van der Waals surface area contributed by atoms with Crippen molar-refractivity contribution in [3.8, 4) is 0 Å². The number of amides is 3. The van der Waals surface area contributed by atoms with Crippen LogP contribution in [0.15, 0.2) is 30.3 Å². The second kappa shape index (κ2) is 8.57. The fourth-order valence-electron chi connectivity index (χ4n) is 3.52. The Labute approximate surface area is 182 Å².